The fraction of sp³-hybridized carbons (Fsp3) is 0.0500. The van der Waals surface area contributed by atoms with Crippen molar-refractivity contribution in [1.82, 2.24) is 15.2 Å². The van der Waals surface area contributed by atoms with Gasteiger partial charge in [-0.25, -0.2) is 9.37 Å². The summed E-state index contributed by atoms with van der Waals surface area (Å²) in [6.45, 7) is 0. The Morgan fingerprint density at radius 1 is 1.06 bits per heavy atom. The van der Waals surface area contributed by atoms with Gasteiger partial charge in [0.2, 0.25) is 0 Å². The second-order valence-electron chi connectivity index (χ2n) is 6.44. The van der Waals surface area contributed by atoms with E-state index in [1.54, 1.807) is 0 Å². The van der Waals surface area contributed by atoms with Crippen molar-refractivity contribution in [3.05, 3.63) is 71.8 Å². The Morgan fingerprint density at radius 3 is 2.55 bits per heavy atom. The molecule has 0 radical (unpaired) electrons. The van der Waals surface area contributed by atoms with E-state index in [2.05, 4.69) is 20.5 Å². The highest BCUT2D eigenvalue weighted by molar-refractivity contribution is 6.11. The SMILES string of the molecule is Nc1cc(Oc2ccc(NC(=O)c3n[nH]c4ccc(C(F)(F)F)cc34)c(F)c2)ccn1. The van der Waals surface area contributed by atoms with Gasteiger partial charge >= 0.3 is 6.18 Å². The third kappa shape index (κ3) is 4.25. The molecule has 0 aliphatic carbocycles. The predicted molar refractivity (Wildman–Crippen MR) is 104 cm³/mol. The number of pyridine rings is 1. The van der Waals surface area contributed by atoms with Gasteiger partial charge in [0.1, 0.15) is 23.1 Å². The summed E-state index contributed by atoms with van der Waals surface area (Å²) >= 11 is 0. The summed E-state index contributed by atoms with van der Waals surface area (Å²) in [5.41, 5.74) is 4.36. The van der Waals surface area contributed by atoms with Crippen LogP contribution in [0.5, 0.6) is 11.5 Å². The van der Waals surface area contributed by atoms with E-state index in [0.29, 0.717) is 5.75 Å². The van der Waals surface area contributed by atoms with Gasteiger partial charge in [-0.15, -0.1) is 0 Å². The van der Waals surface area contributed by atoms with Crippen LogP contribution < -0.4 is 15.8 Å². The summed E-state index contributed by atoms with van der Waals surface area (Å²) in [5.74, 6) is -0.987. The first kappa shape index (κ1) is 20.1. The maximum absolute atomic E-state index is 14.5. The van der Waals surface area contributed by atoms with Crippen molar-refractivity contribution in [2.75, 3.05) is 11.1 Å². The molecule has 0 bridgehead atoms. The number of nitrogens with two attached hydrogens (primary N) is 1. The van der Waals surface area contributed by atoms with Gasteiger partial charge in [0, 0.05) is 23.7 Å². The van der Waals surface area contributed by atoms with E-state index in [4.69, 9.17) is 10.5 Å². The number of ether oxygens (including phenoxy) is 1. The lowest BCUT2D eigenvalue weighted by Crippen LogP contribution is -2.14. The molecule has 31 heavy (non-hydrogen) atoms. The number of nitrogens with zero attached hydrogens (tertiary/aromatic N) is 2. The molecule has 1 amide bonds. The number of hydrogen-bond acceptors (Lipinski definition) is 5. The first-order chi connectivity index (χ1) is 14.7. The number of anilines is 2. The molecule has 0 unspecified atom stereocenters. The summed E-state index contributed by atoms with van der Waals surface area (Å²) in [6, 6.07) is 9.52. The number of H-pyrrole nitrogens is 1. The first-order valence-corrected chi connectivity index (χ1v) is 8.76. The van der Waals surface area contributed by atoms with E-state index in [9.17, 15) is 22.4 Å². The van der Waals surface area contributed by atoms with E-state index >= 15 is 0 Å². The van der Waals surface area contributed by atoms with Crippen LogP contribution in [0.15, 0.2) is 54.7 Å². The molecule has 4 rings (SSSR count). The average molecular weight is 431 g/mol. The summed E-state index contributed by atoms with van der Waals surface area (Å²) in [6.07, 6.45) is -3.16. The number of fused-ring (bicyclic) bond motifs is 1. The zero-order chi connectivity index (χ0) is 22.2. The van der Waals surface area contributed by atoms with E-state index in [0.717, 1.165) is 18.2 Å². The Labute approximate surface area is 171 Å². The van der Waals surface area contributed by atoms with Crippen LogP contribution in [0.3, 0.4) is 0 Å². The van der Waals surface area contributed by atoms with Crippen molar-refractivity contribution in [2.24, 2.45) is 0 Å². The van der Waals surface area contributed by atoms with Crippen LogP contribution in [0.1, 0.15) is 16.1 Å². The highest BCUT2D eigenvalue weighted by Gasteiger charge is 2.31. The van der Waals surface area contributed by atoms with Crippen molar-refractivity contribution in [2.45, 2.75) is 6.18 Å². The van der Waals surface area contributed by atoms with Gasteiger partial charge < -0.3 is 15.8 Å². The number of carbonyl (C=O) groups excluding carboxylic acids is 1. The van der Waals surface area contributed by atoms with Crippen molar-refractivity contribution in [3.8, 4) is 11.5 Å². The van der Waals surface area contributed by atoms with Gasteiger partial charge in [-0.05, 0) is 36.4 Å². The largest absolute Gasteiger partial charge is 0.457 e. The number of halogens is 4. The summed E-state index contributed by atoms with van der Waals surface area (Å²) < 4.78 is 58.8. The van der Waals surface area contributed by atoms with Crippen LogP contribution >= 0.6 is 0 Å². The molecule has 7 nitrogen and oxygen atoms in total. The Hall–Kier alpha value is -4.15. The van der Waals surface area contributed by atoms with Crippen LogP contribution in [0.25, 0.3) is 10.9 Å². The Kier molecular flexibility index (Phi) is 4.93. The van der Waals surface area contributed by atoms with E-state index in [1.165, 1.54) is 36.5 Å². The van der Waals surface area contributed by atoms with Gasteiger partial charge in [-0.1, -0.05) is 0 Å². The molecule has 0 fully saturated rings. The third-order valence-electron chi connectivity index (χ3n) is 4.28. The molecule has 0 saturated carbocycles. The highest BCUT2D eigenvalue weighted by atomic mass is 19.4. The molecule has 4 aromatic rings. The number of aromatic nitrogens is 3. The lowest BCUT2D eigenvalue weighted by Gasteiger charge is -2.09. The minimum absolute atomic E-state index is 0.0389. The lowest BCUT2D eigenvalue weighted by molar-refractivity contribution is -0.137. The molecule has 2 aromatic carbocycles. The van der Waals surface area contributed by atoms with Crippen molar-refractivity contribution in [3.63, 3.8) is 0 Å². The van der Waals surface area contributed by atoms with E-state index in [1.807, 2.05) is 0 Å². The Bertz CT molecular complexity index is 1290. The lowest BCUT2D eigenvalue weighted by atomic mass is 10.1. The summed E-state index contributed by atoms with van der Waals surface area (Å²) in [7, 11) is 0. The zero-order valence-electron chi connectivity index (χ0n) is 15.5. The molecule has 0 atom stereocenters. The smallest absolute Gasteiger partial charge is 0.416 e. The minimum Gasteiger partial charge on any atom is -0.457 e. The molecule has 0 saturated heterocycles. The molecule has 11 heteroatoms. The number of rotatable bonds is 4. The highest BCUT2D eigenvalue weighted by Crippen LogP contribution is 2.32. The number of benzene rings is 2. The van der Waals surface area contributed by atoms with Crippen LogP contribution in [-0.4, -0.2) is 21.1 Å². The number of aromatic amines is 1. The fourth-order valence-electron chi connectivity index (χ4n) is 2.83. The van der Waals surface area contributed by atoms with E-state index < -0.39 is 23.5 Å². The topological polar surface area (TPSA) is 106 Å². The molecule has 0 spiro atoms. The maximum Gasteiger partial charge on any atom is 0.416 e. The molecule has 2 aromatic heterocycles. The fourth-order valence-corrected chi connectivity index (χ4v) is 2.83. The number of nitrogen functional groups attached to an aromatic ring is 1. The van der Waals surface area contributed by atoms with Gasteiger partial charge in [-0.3, -0.25) is 9.89 Å². The average Bonchev–Trinajstić information content (AvgIpc) is 3.13. The van der Waals surface area contributed by atoms with Crippen LogP contribution in [0.4, 0.5) is 29.1 Å². The quantitative estimate of drug-likeness (QED) is 0.405. The molecular formula is C20H13F4N5O2. The van der Waals surface area contributed by atoms with Crippen LogP contribution in [0.2, 0.25) is 0 Å². The molecular weight excluding hydrogens is 418 g/mol. The second-order valence-corrected chi connectivity index (χ2v) is 6.44. The van der Waals surface area contributed by atoms with Gasteiger partial charge in [-0.2, -0.15) is 18.3 Å². The third-order valence-corrected chi connectivity index (χ3v) is 4.28. The van der Waals surface area contributed by atoms with E-state index in [-0.39, 0.29) is 33.9 Å². The number of amides is 1. The monoisotopic (exact) mass is 431 g/mol. The van der Waals surface area contributed by atoms with Crippen LogP contribution in [-0.2, 0) is 6.18 Å². The normalized spacial score (nSPS) is 11.5. The predicted octanol–water partition coefficient (Wildman–Crippen LogP) is 4.74. The molecule has 158 valence electrons. The van der Waals surface area contributed by atoms with Crippen molar-refractivity contribution < 1.29 is 27.1 Å². The van der Waals surface area contributed by atoms with Gasteiger partial charge in [0.05, 0.1) is 16.8 Å². The number of alkyl halides is 3. The molecule has 0 aliphatic rings. The number of nitrogens with one attached hydrogen (secondary N) is 2. The number of hydrogen-bond donors (Lipinski definition) is 3. The first-order valence-electron chi connectivity index (χ1n) is 8.76. The zero-order valence-corrected chi connectivity index (χ0v) is 15.5. The Balaban J connectivity index is 1.56. The standard InChI is InChI=1S/C20H13F4N5O2/c21-14-8-11(31-12-5-6-26-17(25)9-12)2-4-16(14)27-19(30)18-13-7-10(20(22,23)24)1-3-15(13)28-29-18/h1-9H,(H2,25,26)(H,27,30)(H,28,29). The molecule has 4 N–H and O–H groups in total. The Morgan fingerprint density at radius 2 is 1.84 bits per heavy atom. The van der Waals surface area contributed by atoms with Crippen molar-refractivity contribution >= 4 is 28.3 Å². The van der Waals surface area contributed by atoms with Gasteiger partial charge in [0.15, 0.2) is 5.69 Å². The minimum atomic E-state index is -4.58. The second kappa shape index (κ2) is 7.59. The summed E-state index contributed by atoms with van der Waals surface area (Å²) in [4.78, 5) is 16.3. The molecule has 2 heterocycles. The van der Waals surface area contributed by atoms with Gasteiger partial charge in [0.25, 0.3) is 5.91 Å². The summed E-state index contributed by atoms with van der Waals surface area (Å²) in [5, 5.41) is 8.50. The molecule has 0 aliphatic heterocycles. The van der Waals surface area contributed by atoms with Crippen LogP contribution in [0, 0.1) is 5.82 Å². The van der Waals surface area contributed by atoms with Crippen molar-refractivity contribution in [1.29, 1.82) is 0 Å². The number of carbonyl (C=O) groups is 1. The maximum atomic E-state index is 14.5.